The Morgan fingerprint density at radius 1 is 1.32 bits per heavy atom. The highest BCUT2D eigenvalue weighted by molar-refractivity contribution is 6.30. The average molecular weight is 376 g/mol. The molecule has 2 amide bonds. The number of hydrogen-bond acceptors (Lipinski definition) is 4. The number of hydrogen-bond donors (Lipinski definition) is 1. The summed E-state index contributed by atoms with van der Waals surface area (Å²) in [5.41, 5.74) is -1.57. The summed E-state index contributed by atoms with van der Waals surface area (Å²) in [4.78, 5) is 24.6. The molecule has 0 unspecified atom stereocenters. The van der Waals surface area contributed by atoms with Crippen LogP contribution in [0.5, 0.6) is 0 Å². The number of nitrogens with one attached hydrogen (secondary N) is 1. The minimum Gasteiger partial charge on any atom is -0.360 e. The predicted octanol–water partition coefficient (Wildman–Crippen LogP) is 3.65. The van der Waals surface area contributed by atoms with Gasteiger partial charge in [-0.25, -0.2) is 0 Å². The van der Waals surface area contributed by atoms with E-state index in [4.69, 9.17) is 16.1 Å². The number of nitrogens with zero attached hydrogens (tertiary/aromatic N) is 2. The van der Waals surface area contributed by atoms with Gasteiger partial charge in [0.1, 0.15) is 12.3 Å². The van der Waals surface area contributed by atoms with Crippen LogP contribution in [0.1, 0.15) is 18.2 Å². The Kier molecular flexibility index (Phi) is 5.36. The maximum absolute atomic E-state index is 13.2. The van der Waals surface area contributed by atoms with Crippen molar-refractivity contribution in [3.8, 4) is 0 Å². The lowest BCUT2D eigenvalue weighted by atomic mass is 10.1. The van der Waals surface area contributed by atoms with Gasteiger partial charge < -0.3 is 14.7 Å². The van der Waals surface area contributed by atoms with Crippen LogP contribution in [-0.2, 0) is 15.8 Å². The summed E-state index contributed by atoms with van der Waals surface area (Å²) in [5.74, 6) is -0.931. The van der Waals surface area contributed by atoms with Crippen LogP contribution in [0.15, 0.2) is 28.8 Å². The molecule has 134 valence electrons. The molecule has 0 aliphatic rings. The van der Waals surface area contributed by atoms with Gasteiger partial charge >= 0.3 is 6.18 Å². The Labute approximate surface area is 145 Å². The number of amides is 2. The molecule has 25 heavy (non-hydrogen) atoms. The zero-order valence-electron chi connectivity index (χ0n) is 13.1. The molecular weight excluding hydrogens is 363 g/mol. The lowest BCUT2D eigenvalue weighted by Crippen LogP contribution is -2.38. The third-order valence-electron chi connectivity index (χ3n) is 3.13. The first-order valence-corrected chi connectivity index (χ1v) is 7.33. The molecule has 0 saturated heterocycles. The SMILES string of the molecule is CC(=O)N(CC(=O)Nc1cc(C)on1)c1ccc(Cl)cc1C(F)(F)F. The molecule has 1 N–H and O–H groups in total. The fourth-order valence-corrected chi connectivity index (χ4v) is 2.26. The summed E-state index contributed by atoms with van der Waals surface area (Å²) in [6.45, 7) is 2.03. The number of benzene rings is 1. The van der Waals surface area contributed by atoms with Gasteiger partial charge in [-0.1, -0.05) is 16.8 Å². The van der Waals surface area contributed by atoms with Crippen molar-refractivity contribution in [2.45, 2.75) is 20.0 Å². The molecule has 0 fully saturated rings. The standard InChI is InChI=1S/C15H13ClF3N3O3/c1-8-5-13(21-25-8)20-14(24)7-22(9(2)23)12-4-3-10(16)6-11(12)15(17,18)19/h3-6H,7H2,1-2H3,(H,20,21,24). The van der Waals surface area contributed by atoms with E-state index in [9.17, 15) is 22.8 Å². The molecule has 0 spiro atoms. The van der Waals surface area contributed by atoms with E-state index >= 15 is 0 Å². The molecule has 0 aliphatic carbocycles. The van der Waals surface area contributed by atoms with Crippen LogP contribution in [0.2, 0.25) is 5.02 Å². The third-order valence-corrected chi connectivity index (χ3v) is 3.37. The summed E-state index contributed by atoms with van der Waals surface area (Å²) in [5, 5.41) is 5.75. The summed E-state index contributed by atoms with van der Waals surface area (Å²) in [6, 6.07) is 4.38. The Morgan fingerprint density at radius 2 is 2.00 bits per heavy atom. The molecule has 1 heterocycles. The lowest BCUT2D eigenvalue weighted by Gasteiger charge is -2.24. The van der Waals surface area contributed by atoms with Gasteiger partial charge in [-0.2, -0.15) is 13.2 Å². The number of alkyl halides is 3. The van der Waals surface area contributed by atoms with E-state index in [1.54, 1.807) is 6.92 Å². The van der Waals surface area contributed by atoms with Crippen molar-refractivity contribution in [3.63, 3.8) is 0 Å². The summed E-state index contributed by atoms with van der Waals surface area (Å²) >= 11 is 5.62. The largest absolute Gasteiger partial charge is 0.418 e. The van der Waals surface area contributed by atoms with Crippen molar-refractivity contribution in [3.05, 3.63) is 40.6 Å². The molecule has 6 nitrogen and oxygen atoms in total. The van der Waals surface area contributed by atoms with Crippen LogP contribution in [-0.4, -0.2) is 23.5 Å². The summed E-state index contributed by atoms with van der Waals surface area (Å²) in [6.07, 6.45) is -4.74. The normalized spacial score (nSPS) is 11.3. The van der Waals surface area contributed by atoms with Crippen LogP contribution in [0.3, 0.4) is 0 Å². The van der Waals surface area contributed by atoms with Gasteiger partial charge in [-0.05, 0) is 25.1 Å². The number of carbonyl (C=O) groups is 2. The lowest BCUT2D eigenvalue weighted by molar-refractivity contribution is -0.137. The zero-order valence-corrected chi connectivity index (χ0v) is 13.9. The number of aromatic nitrogens is 1. The Balaban J connectivity index is 2.29. The Bertz CT molecular complexity index is 805. The number of rotatable bonds is 4. The molecular formula is C15H13ClF3N3O3. The highest BCUT2D eigenvalue weighted by Crippen LogP contribution is 2.38. The molecule has 10 heteroatoms. The Hall–Kier alpha value is -2.55. The van der Waals surface area contributed by atoms with E-state index in [0.29, 0.717) is 16.7 Å². The summed E-state index contributed by atoms with van der Waals surface area (Å²) < 4.78 is 44.4. The van der Waals surface area contributed by atoms with Crippen LogP contribution >= 0.6 is 11.6 Å². The number of halogens is 4. The van der Waals surface area contributed by atoms with Gasteiger partial charge in [0.2, 0.25) is 11.8 Å². The fraction of sp³-hybridized carbons (Fsp3) is 0.267. The van der Waals surface area contributed by atoms with Crippen molar-refractivity contribution in [1.82, 2.24) is 5.16 Å². The first kappa shape index (κ1) is 18.8. The van der Waals surface area contributed by atoms with Crippen molar-refractivity contribution in [2.75, 3.05) is 16.8 Å². The van der Waals surface area contributed by atoms with E-state index in [1.807, 2.05) is 0 Å². The molecule has 0 aliphatic heterocycles. The van der Waals surface area contributed by atoms with Crippen LogP contribution < -0.4 is 10.2 Å². The van der Waals surface area contributed by atoms with Gasteiger partial charge in [0, 0.05) is 18.0 Å². The van der Waals surface area contributed by atoms with Gasteiger partial charge in [-0.3, -0.25) is 9.59 Å². The van der Waals surface area contributed by atoms with Gasteiger partial charge in [0.25, 0.3) is 0 Å². The molecule has 1 aromatic heterocycles. The minimum absolute atomic E-state index is 0.0955. The van der Waals surface area contributed by atoms with Gasteiger partial charge in [-0.15, -0.1) is 0 Å². The summed E-state index contributed by atoms with van der Waals surface area (Å²) in [7, 11) is 0. The molecule has 2 rings (SSSR count). The van der Waals surface area contributed by atoms with Crippen molar-refractivity contribution < 1.29 is 27.3 Å². The van der Waals surface area contributed by atoms with E-state index in [-0.39, 0.29) is 10.8 Å². The molecule has 0 atom stereocenters. The van der Waals surface area contributed by atoms with Crippen molar-refractivity contribution in [1.29, 1.82) is 0 Å². The molecule has 2 aromatic rings. The average Bonchev–Trinajstić information content (AvgIpc) is 2.89. The maximum Gasteiger partial charge on any atom is 0.418 e. The smallest absolute Gasteiger partial charge is 0.360 e. The van der Waals surface area contributed by atoms with Crippen LogP contribution in [0, 0.1) is 6.92 Å². The second kappa shape index (κ2) is 7.14. The Morgan fingerprint density at radius 3 is 2.52 bits per heavy atom. The van der Waals surface area contributed by atoms with Crippen LogP contribution in [0.4, 0.5) is 24.7 Å². The fourth-order valence-electron chi connectivity index (χ4n) is 2.09. The molecule has 0 saturated carbocycles. The first-order valence-electron chi connectivity index (χ1n) is 6.96. The van der Waals surface area contributed by atoms with Crippen molar-refractivity contribution >= 4 is 34.9 Å². The molecule has 0 radical (unpaired) electrons. The monoisotopic (exact) mass is 375 g/mol. The maximum atomic E-state index is 13.2. The molecule has 0 bridgehead atoms. The van der Waals surface area contributed by atoms with Gasteiger partial charge in [0.05, 0.1) is 11.3 Å². The number of aryl methyl sites for hydroxylation is 1. The molecule has 1 aromatic carbocycles. The van der Waals surface area contributed by atoms with E-state index < -0.39 is 35.8 Å². The number of anilines is 2. The van der Waals surface area contributed by atoms with Crippen LogP contribution in [0.25, 0.3) is 0 Å². The number of carbonyl (C=O) groups excluding carboxylic acids is 2. The first-order chi connectivity index (χ1) is 11.6. The third kappa shape index (κ3) is 4.72. The predicted molar refractivity (Wildman–Crippen MR) is 84.4 cm³/mol. The second-order valence-corrected chi connectivity index (χ2v) is 5.57. The van der Waals surface area contributed by atoms with Crippen molar-refractivity contribution in [2.24, 2.45) is 0 Å². The van der Waals surface area contributed by atoms with Gasteiger partial charge in [0.15, 0.2) is 5.82 Å². The topological polar surface area (TPSA) is 75.4 Å². The highest BCUT2D eigenvalue weighted by atomic mass is 35.5. The second-order valence-electron chi connectivity index (χ2n) is 5.14. The minimum atomic E-state index is -4.74. The van der Waals surface area contributed by atoms with E-state index in [1.165, 1.54) is 12.1 Å². The highest BCUT2D eigenvalue weighted by Gasteiger charge is 2.36. The zero-order chi connectivity index (χ0) is 18.8. The van der Waals surface area contributed by atoms with E-state index in [2.05, 4.69) is 10.5 Å². The van der Waals surface area contributed by atoms with E-state index in [0.717, 1.165) is 13.0 Å². The quantitative estimate of drug-likeness (QED) is 0.885.